The lowest BCUT2D eigenvalue weighted by molar-refractivity contribution is 0.0544. The molecule has 1 N–H and O–H groups in total. The van der Waals surface area contributed by atoms with Crippen molar-refractivity contribution >= 4 is 11.8 Å². The fraction of sp³-hybridized carbons (Fsp3) is 0.378. The van der Waals surface area contributed by atoms with Gasteiger partial charge in [-0.1, -0.05) is 69.2 Å². The average molecular weight is 611 g/mol. The molecule has 3 aromatic carbocycles. The van der Waals surface area contributed by atoms with Crippen molar-refractivity contribution in [3.8, 4) is 16.8 Å². The zero-order valence-corrected chi connectivity index (χ0v) is 26.7. The maximum Gasteiger partial charge on any atom is 0.274 e. The maximum absolute atomic E-state index is 14.6. The zero-order valence-electron chi connectivity index (χ0n) is 26.7. The Morgan fingerprint density at radius 2 is 1.60 bits per heavy atom. The largest absolute Gasteiger partial charge is 0.394 e. The summed E-state index contributed by atoms with van der Waals surface area (Å²) in [7, 11) is 0. The molecule has 45 heavy (non-hydrogen) atoms. The number of carbonyl (C=O) groups is 2. The van der Waals surface area contributed by atoms with E-state index in [1.807, 2.05) is 54.3 Å². The molecule has 2 amide bonds. The van der Waals surface area contributed by atoms with Gasteiger partial charge in [0.15, 0.2) is 5.69 Å². The van der Waals surface area contributed by atoms with Crippen LogP contribution in [0.1, 0.15) is 82.8 Å². The number of fused-ring (bicyclic) bond motifs is 1. The predicted octanol–water partition coefficient (Wildman–Crippen LogP) is 6.90. The number of rotatable bonds is 11. The molecule has 0 fully saturated rings. The summed E-state index contributed by atoms with van der Waals surface area (Å²) < 4.78 is 16.3. The van der Waals surface area contributed by atoms with Crippen molar-refractivity contribution in [2.45, 2.75) is 72.4 Å². The van der Waals surface area contributed by atoms with E-state index in [4.69, 9.17) is 5.10 Å². The Morgan fingerprint density at radius 3 is 2.27 bits per heavy atom. The first kappa shape index (κ1) is 32.1. The van der Waals surface area contributed by atoms with Crippen LogP contribution in [0.4, 0.5) is 4.39 Å². The number of amides is 2. The van der Waals surface area contributed by atoms with Gasteiger partial charge in [0.25, 0.3) is 11.8 Å². The van der Waals surface area contributed by atoms with E-state index in [9.17, 15) is 19.1 Å². The fourth-order valence-electron chi connectivity index (χ4n) is 5.98. The van der Waals surface area contributed by atoms with Gasteiger partial charge in [0, 0.05) is 25.3 Å². The first-order chi connectivity index (χ1) is 21.7. The van der Waals surface area contributed by atoms with Crippen LogP contribution < -0.4 is 0 Å². The van der Waals surface area contributed by atoms with Crippen LogP contribution in [0, 0.1) is 19.7 Å². The van der Waals surface area contributed by atoms with E-state index >= 15 is 0 Å². The Labute approximate surface area is 265 Å². The molecule has 1 atom stereocenters. The normalized spacial score (nSPS) is 14.4. The molecule has 0 unspecified atom stereocenters. The third kappa shape index (κ3) is 6.86. The standard InChI is InChI=1S/C37H43FN4O3/c1-5-7-17-40(18-8-6-2)37(45)34-19-26(4)42(39-34)35-16-15-28(29-14-13-25(3)33(38)22-29)21-32(35)36(44)41-23-30-12-10-9-11-27(30)20-31(41)24-43/h9-16,19,21-22,31,43H,5-8,17-18,20,23-24H2,1-4H3/t31-/m0/s1. The van der Waals surface area contributed by atoms with Crippen molar-refractivity contribution in [1.82, 2.24) is 19.6 Å². The Hall–Kier alpha value is -4.30. The van der Waals surface area contributed by atoms with Gasteiger partial charge in [0.05, 0.1) is 23.9 Å². The highest BCUT2D eigenvalue weighted by atomic mass is 19.1. The minimum absolute atomic E-state index is 0.119. The molecule has 0 saturated carbocycles. The topological polar surface area (TPSA) is 78.7 Å². The van der Waals surface area contributed by atoms with Crippen LogP contribution in [-0.2, 0) is 13.0 Å². The monoisotopic (exact) mass is 610 g/mol. The summed E-state index contributed by atoms with van der Waals surface area (Å²) in [6.45, 7) is 9.33. The molecular weight excluding hydrogens is 567 g/mol. The number of hydrogen-bond donors (Lipinski definition) is 1. The van der Waals surface area contributed by atoms with Crippen molar-refractivity contribution in [1.29, 1.82) is 0 Å². The lowest BCUT2D eigenvalue weighted by Crippen LogP contribution is -2.46. The molecule has 236 valence electrons. The lowest BCUT2D eigenvalue weighted by Gasteiger charge is -2.36. The average Bonchev–Trinajstić information content (AvgIpc) is 3.45. The SMILES string of the molecule is CCCCN(CCCC)C(=O)c1cc(C)n(-c2ccc(-c3ccc(C)c(F)c3)cc2C(=O)N2Cc3ccccc3C[C@H]2CO)n1. The number of carbonyl (C=O) groups excluding carboxylic acids is 2. The van der Waals surface area contributed by atoms with Gasteiger partial charge in [0.2, 0.25) is 0 Å². The highest BCUT2D eigenvalue weighted by molar-refractivity contribution is 6.00. The molecule has 0 bridgehead atoms. The van der Waals surface area contributed by atoms with Crippen LogP contribution in [0.25, 0.3) is 16.8 Å². The zero-order chi connectivity index (χ0) is 32.1. The molecule has 1 aromatic heterocycles. The van der Waals surface area contributed by atoms with Crippen LogP contribution in [0.5, 0.6) is 0 Å². The molecule has 0 aliphatic carbocycles. The van der Waals surface area contributed by atoms with Crippen molar-refractivity contribution in [2.75, 3.05) is 19.7 Å². The van der Waals surface area contributed by atoms with Crippen LogP contribution in [0.2, 0.25) is 0 Å². The van der Waals surface area contributed by atoms with Gasteiger partial charge in [-0.15, -0.1) is 0 Å². The lowest BCUT2D eigenvalue weighted by atomic mass is 9.93. The predicted molar refractivity (Wildman–Crippen MR) is 175 cm³/mol. The second-order valence-electron chi connectivity index (χ2n) is 12.0. The first-order valence-electron chi connectivity index (χ1n) is 16.0. The molecule has 0 saturated heterocycles. The van der Waals surface area contributed by atoms with Crippen LogP contribution >= 0.6 is 0 Å². The third-order valence-corrected chi connectivity index (χ3v) is 8.74. The first-order valence-corrected chi connectivity index (χ1v) is 16.0. The smallest absolute Gasteiger partial charge is 0.274 e. The highest BCUT2D eigenvalue weighted by Crippen LogP contribution is 2.31. The molecule has 0 spiro atoms. The molecule has 1 aliphatic heterocycles. The summed E-state index contributed by atoms with van der Waals surface area (Å²) in [5.41, 5.74) is 5.98. The second-order valence-corrected chi connectivity index (χ2v) is 12.0. The number of aliphatic hydroxyl groups is 1. The number of halogens is 1. The molecule has 5 rings (SSSR count). The van der Waals surface area contributed by atoms with E-state index in [-0.39, 0.29) is 24.2 Å². The van der Waals surface area contributed by atoms with Crippen molar-refractivity contribution in [3.63, 3.8) is 0 Å². The molecule has 0 radical (unpaired) electrons. The van der Waals surface area contributed by atoms with E-state index in [1.165, 1.54) is 6.07 Å². The molecule has 4 aromatic rings. The van der Waals surface area contributed by atoms with Crippen LogP contribution in [-0.4, -0.2) is 62.2 Å². The van der Waals surface area contributed by atoms with E-state index < -0.39 is 6.04 Å². The summed E-state index contributed by atoms with van der Waals surface area (Å²) in [4.78, 5) is 31.7. The summed E-state index contributed by atoms with van der Waals surface area (Å²) in [6, 6.07) is 19.8. The van der Waals surface area contributed by atoms with Gasteiger partial charge < -0.3 is 14.9 Å². The van der Waals surface area contributed by atoms with Gasteiger partial charge in [-0.25, -0.2) is 9.07 Å². The van der Waals surface area contributed by atoms with E-state index in [0.717, 1.165) is 42.5 Å². The summed E-state index contributed by atoms with van der Waals surface area (Å²) in [5.74, 6) is -0.700. The molecule has 7 nitrogen and oxygen atoms in total. The van der Waals surface area contributed by atoms with Crippen LogP contribution in [0.3, 0.4) is 0 Å². The number of aryl methyl sites for hydroxylation is 2. The number of aliphatic hydroxyl groups excluding tert-OH is 1. The number of hydrogen-bond acceptors (Lipinski definition) is 4. The van der Waals surface area contributed by atoms with Gasteiger partial charge in [-0.3, -0.25) is 9.59 Å². The Balaban J connectivity index is 1.59. The highest BCUT2D eigenvalue weighted by Gasteiger charge is 2.32. The Bertz CT molecular complexity index is 1670. The summed E-state index contributed by atoms with van der Waals surface area (Å²) >= 11 is 0. The minimum Gasteiger partial charge on any atom is -0.394 e. The molecular formula is C37H43FN4O3. The maximum atomic E-state index is 14.6. The molecule has 8 heteroatoms. The molecule has 2 heterocycles. The third-order valence-electron chi connectivity index (χ3n) is 8.74. The second kappa shape index (κ2) is 14.2. The molecule has 1 aliphatic rings. The number of unbranched alkanes of at least 4 members (excludes halogenated alkanes) is 2. The quantitative estimate of drug-likeness (QED) is 0.201. The van der Waals surface area contributed by atoms with E-state index in [2.05, 4.69) is 13.8 Å². The number of nitrogens with zero attached hydrogens (tertiary/aromatic N) is 4. The van der Waals surface area contributed by atoms with Gasteiger partial charge in [0.1, 0.15) is 5.82 Å². The van der Waals surface area contributed by atoms with Crippen molar-refractivity contribution < 1.29 is 19.1 Å². The van der Waals surface area contributed by atoms with E-state index in [0.29, 0.717) is 59.7 Å². The van der Waals surface area contributed by atoms with Gasteiger partial charge in [-0.2, -0.15) is 5.10 Å². The van der Waals surface area contributed by atoms with Crippen molar-refractivity contribution in [2.24, 2.45) is 0 Å². The minimum atomic E-state index is -0.401. The van der Waals surface area contributed by atoms with Crippen LogP contribution in [0.15, 0.2) is 66.7 Å². The summed E-state index contributed by atoms with van der Waals surface area (Å²) in [6.07, 6.45) is 4.35. The van der Waals surface area contributed by atoms with Gasteiger partial charge in [-0.05, 0) is 85.2 Å². The van der Waals surface area contributed by atoms with Crippen molar-refractivity contribution in [3.05, 3.63) is 106 Å². The number of benzene rings is 3. The van der Waals surface area contributed by atoms with Gasteiger partial charge >= 0.3 is 0 Å². The Kier molecular flexibility index (Phi) is 10.1. The number of aromatic nitrogens is 2. The Morgan fingerprint density at radius 1 is 0.933 bits per heavy atom. The summed E-state index contributed by atoms with van der Waals surface area (Å²) in [5, 5.41) is 15.1. The fourth-order valence-corrected chi connectivity index (χ4v) is 5.98. The van der Waals surface area contributed by atoms with E-state index in [1.54, 1.807) is 34.7 Å².